The second-order valence-corrected chi connectivity index (χ2v) is 2.79. The monoisotopic (exact) mass is 177 g/mol. The van der Waals surface area contributed by atoms with Gasteiger partial charge in [-0.1, -0.05) is 6.07 Å². The molecule has 0 fully saturated rings. The molecule has 1 aromatic heterocycles. The molecule has 0 aliphatic heterocycles. The number of hydrogen-bond acceptors (Lipinski definition) is 4. The molecule has 0 atom stereocenters. The second kappa shape index (κ2) is 4.38. The van der Waals surface area contributed by atoms with Crippen molar-refractivity contribution in [3.63, 3.8) is 0 Å². The fourth-order valence-electron chi connectivity index (χ4n) is 1.07. The van der Waals surface area contributed by atoms with Crippen molar-refractivity contribution in [2.45, 2.75) is 6.54 Å². The predicted molar refractivity (Wildman–Crippen MR) is 50.4 cm³/mol. The van der Waals surface area contributed by atoms with E-state index in [4.69, 9.17) is 0 Å². The highest BCUT2D eigenvalue weighted by Gasteiger charge is 2.03. The van der Waals surface area contributed by atoms with E-state index in [0.29, 0.717) is 6.54 Å². The lowest BCUT2D eigenvalue weighted by atomic mass is 10.2. The van der Waals surface area contributed by atoms with Crippen LogP contribution in [0.15, 0.2) is 23.3 Å². The molecule has 0 spiro atoms. The van der Waals surface area contributed by atoms with Crippen molar-refractivity contribution >= 4 is 11.9 Å². The van der Waals surface area contributed by atoms with Crippen LogP contribution in [-0.4, -0.2) is 25.2 Å². The van der Waals surface area contributed by atoms with Gasteiger partial charge in [-0.3, -0.25) is 0 Å². The molecule has 1 aromatic rings. The van der Waals surface area contributed by atoms with Crippen LogP contribution in [0.2, 0.25) is 0 Å². The van der Waals surface area contributed by atoms with E-state index in [2.05, 4.69) is 9.98 Å². The minimum atomic E-state index is 0.338. The molecule has 0 aliphatic carbocycles. The lowest BCUT2D eigenvalue weighted by Crippen LogP contribution is -2.12. The Morgan fingerprint density at radius 1 is 1.62 bits per heavy atom. The summed E-state index contributed by atoms with van der Waals surface area (Å²) in [7, 11) is 3.80. The van der Waals surface area contributed by atoms with Crippen LogP contribution in [-0.2, 0) is 11.3 Å². The van der Waals surface area contributed by atoms with Gasteiger partial charge in [0.1, 0.15) is 5.82 Å². The molecule has 4 nitrogen and oxygen atoms in total. The van der Waals surface area contributed by atoms with Gasteiger partial charge in [0, 0.05) is 25.9 Å². The molecule has 68 valence electrons. The molecule has 0 aromatic carbocycles. The summed E-state index contributed by atoms with van der Waals surface area (Å²) >= 11 is 0. The fourth-order valence-corrected chi connectivity index (χ4v) is 1.07. The summed E-state index contributed by atoms with van der Waals surface area (Å²) in [4.78, 5) is 19.5. The maximum absolute atomic E-state index is 9.93. The number of isocyanates is 1. The van der Waals surface area contributed by atoms with Crippen LogP contribution in [0.5, 0.6) is 0 Å². The molecule has 0 bridgehead atoms. The highest BCUT2D eigenvalue weighted by Crippen LogP contribution is 2.14. The van der Waals surface area contributed by atoms with E-state index in [1.807, 2.05) is 31.1 Å². The molecule has 0 unspecified atom stereocenters. The van der Waals surface area contributed by atoms with Gasteiger partial charge in [-0.25, -0.2) is 14.8 Å². The molecular weight excluding hydrogens is 166 g/mol. The van der Waals surface area contributed by atoms with E-state index in [0.717, 1.165) is 11.4 Å². The number of aliphatic imine (C=N–C) groups is 1. The molecule has 0 aliphatic rings. The van der Waals surface area contributed by atoms with Crippen LogP contribution in [0.1, 0.15) is 5.56 Å². The molecule has 4 heteroatoms. The van der Waals surface area contributed by atoms with E-state index in [1.165, 1.54) is 6.08 Å². The second-order valence-electron chi connectivity index (χ2n) is 2.79. The first-order valence-corrected chi connectivity index (χ1v) is 3.90. The van der Waals surface area contributed by atoms with E-state index in [9.17, 15) is 4.79 Å². The number of pyridine rings is 1. The molecular formula is C9H11N3O. The number of nitrogens with zero attached hydrogens (tertiary/aromatic N) is 3. The largest absolute Gasteiger partial charge is 0.362 e. The van der Waals surface area contributed by atoms with Gasteiger partial charge >= 0.3 is 0 Å². The summed E-state index contributed by atoms with van der Waals surface area (Å²) in [5.74, 6) is 0.835. The summed E-state index contributed by atoms with van der Waals surface area (Å²) < 4.78 is 0. The van der Waals surface area contributed by atoms with Crippen LogP contribution >= 0.6 is 0 Å². The molecule has 0 radical (unpaired) electrons. The van der Waals surface area contributed by atoms with Crippen molar-refractivity contribution in [1.29, 1.82) is 0 Å². The van der Waals surface area contributed by atoms with Crippen LogP contribution in [0.3, 0.4) is 0 Å². The van der Waals surface area contributed by atoms with Crippen molar-refractivity contribution in [1.82, 2.24) is 4.98 Å². The van der Waals surface area contributed by atoms with Crippen LogP contribution < -0.4 is 4.90 Å². The van der Waals surface area contributed by atoms with E-state index >= 15 is 0 Å². The van der Waals surface area contributed by atoms with Gasteiger partial charge in [-0.2, -0.15) is 0 Å². The van der Waals surface area contributed by atoms with E-state index in [-0.39, 0.29) is 0 Å². The Kier molecular flexibility index (Phi) is 3.17. The third-order valence-corrected chi connectivity index (χ3v) is 1.61. The zero-order valence-electron chi connectivity index (χ0n) is 7.69. The van der Waals surface area contributed by atoms with Gasteiger partial charge < -0.3 is 4.90 Å². The van der Waals surface area contributed by atoms with Gasteiger partial charge in [0.05, 0.1) is 6.54 Å². The van der Waals surface area contributed by atoms with Crippen molar-refractivity contribution in [2.24, 2.45) is 4.99 Å². The highest BCUT2D eigenvalue weighted by atomic mass is 16.1. The topological polar surface area (TPSA) is 45.6 Å². The number of carbonyl (C=O) groups excluding carboxylic acids is 1. The number of hydrogen-bond donors (Lipinski definition) is 0. The number of anilines is 1. The first kappa shape index (κ1) is 9.42. The maximum Gasteiger partial charge on any atom is 0.235 e. The number of aromatic nitrogens is 1. The first-order chi connectivity index (χ1) is 6.25. The Hall–Kier alpha value is -1.67. The van der Waals surface area contributed by atoms with E-state index in [1.54, 1.807) is 6.20 Å². The summed E-state index contributed by atoms with van der Waals surface area (Å²) in [6.07, 6.45) is 3.22. The average molecular weight is 177 g/mol. The highest BCUT2D eigenvalue weighted by molar-refractivity contribution is 5.46. The molecule has 0 amide bonds. The molecule has 0 N–H and O–H groups in total. The minimum Gasteiger partial charge on any atom is -0.362 e. The lowest BCUT2D eigenvalue weighted by Gasteiger charge is -2.13. The van der Waals surface area contributed by atoms with Gasteiger partial charge in [0.15, 0.2) is 0 Å². The Morgan fingerprint density at radius 2 is 2.38 bits per heavy atom. The third kappa shape index (κ3) is 2.39. The smallest absolute Gasteiger partial charge is 0.235 e. The summed E-state index contributed by atoms with van der Waals surface area (Å²) in [5.41, 5.74) is 0.927. The Balaban J connectivity index is 2.97. The fraction of sp³-hybridized carbons (Fsp3) is 0.333. The van der Waals surface area contributed by atoms with Crippen molar-refractivity contribution < 1.29 is 4.79 Å². The molecule has 0 saturated carbocycles. The SMILES string of the molecule is CN(C)c1ncccc1CN=C=O. The van der Waals surface area contributed by atoms with Crippen molar-refractivity contribution in [2.75, 3.05) is 19.0 Å². The molecule has 1 rings (SSSR count). The lowest BCUT2D eigenvalue weighted by molar-refractivity contribution is 0.563. The summed E-state index contributed by atoms with van der Waals surface area (Å²) in [5, 5.41) is 0. The summed E-state index contributed by atoms with van der Waals surface area (Å²) in [6.45, 7) is 0.338. The minimum absolute atomic E-state index is 0.338. The van der Waals surface area contributed by atoms with E-state index < -0.39 is 0 Å². The van der Waals surface area contributed by atoms with Crippen LogP contribution in [0.25, 0.3) is 0 Å². The Morgan fingerprint density at radius 3 is 3.00 bits per heavy atom. The van der Waals surface area contributed by atoms with Gasteiger partial charge in [0.25, 0.3) is 0 Å². The van der Waals surface area contributed by atoms with Crippen LogP contribution in [0.4, 0.5) is 5.82 Å². The van der Waals surface area contributed by atoms with Gasteiger partial charge in [0.2, 0.25) is 6.08 Å². The van der Waals surface area contributed by atoms with Gasteiger partial charge in [-0.05, 0) is 6.07 Å². The first-order valence-electron chi connectivity index (χ1n) is 3.90. The predicted octanol–water partition coefficient (Wildman–Crippen LogP) is 0.983. The molecule has 1 heterocycles. The van der Waals surface area contributed by atoms with Crippen LogP contribution in [0, 0.1) is 0 Å². The standard InChI is InChI=1S/C9H11N3O/c1-12(2)9-8(6-10-7-13)4-3-5-11-9/h3-5H,6H2,1-2H3. The quantitative estimate of drug-likeness (QED) is 0.510. The zero-order chi connectivity index (χ0) is 9.68. The maximum atomic E-state index is 9.93. The number of rotatable bonds is 3. The average Bonchev–Trinajstić information content (AvgIpc) is 2.15. The van der Waals surface area contributed by atoms with Gasteiger partial charge in [-0.15, -0.1) is 0 Å². The molecule has 0 saturated heterocycles. The molecule has 13 heavy (non-hydrogen) atoms. The Bertz CT molecular complexity index is 329. The zero-order valence-corrected chi connectivity index (χ0v) is 7.69. The third-order valence-electron chi connectivity index (χ3n) is 1.61. The normalized spacial score (nSPS) is 9.08. The summed E-state index contributed by atoms with van der Waals surface area (Å²) in [6, 6.07) is 3.71. The van der Waals surface area contributed by atoms with Crippen molar-refractivity contribution in [3.05, 3.63) is 23.9 Å². The van der Waals surface area contributed by atoms with Crippen molar-refractivity contribution in [3.8, 4) is 0 Å². The Labute approximate surface area is 76.9 Å².